The van der Waals surface area contributed by atoms with Crippen molar-refractivity contribution in [3.05, 3.63) is 60.2 Å². The first-order chi connectivity index (χ1) is 11.2. The number of hydrogen-bond donors (Lipinski definition) is 1. The highest BCUT2D eigenvalue weighted by Crippen LogP contribution is 2.20. The van der Waals surface area contributed by atoms with Crippen LogP contribution in [0.5, 0.6) is 0 Å². The van der Waals surface area contributed by atoms with E-state index in [2.05, 4.69) is 41.4 Å². The first kappa shape index (κ1) is 21.1. The van der Waals surface area contributed by atoms with Gasteiger partial charge in [-0.05, 0) is 30.7 Å². The molecule has 1 aliphatic heterocycles. The minimum absolute atomic E-state index is 0. The Morgan fingerprint density at radius 1 is 0.920 bits per heavy atom. The fourth-order valence-electron chi connectivity index (χ4n) is 2.96. The number of nitrogens with zero attached hydrogens (tertiary/aromatic N) is 2. The van der Waals surface area contributed by atoms with Gasteiger partial charge in [-0.2, -0.15) is 0 Å². The highest BCUT2D eigenvalue weighted by molar-refractivity contribution is 5.85. The Morgan fingerprint density at radius 3 is 2.16 bits per heavy atom. The van der Waals surface area contributed by atoms with Crippen LogP contribution >= 0.6 is 24.8 Å². The quantitative estimate of drug-likeness (QED) is 0.878. The number of amides is 1. The number of para-hydroxylation sites is 2. The average Bonchev–Trinajstić information content (AvgIpc) is 2.61. The standard InChI is InChI=1S/C19H23N3O.2ClH/c1-16-7-5-6-10-18(16)21-11-13-22(14-12-21)19(23)15-20-17-8-3-2-4-9-17;;/h2-10,20H,11-15H2,1H3;2*1H. The van der Waals surface area contributed by atoms with Crippen LogP contribution in [0, 0.1) is 6.92 Å². The van der Waals surface area contributed by atoms with E-state index < -0.39 is 0 Å². The van der Waals surface area contributed by atoms with Crippen molar-refractivity contribution in [3.63, 3.8) is 0 Å². The number of carbonyl (C=O) groups excluding carboxylic acids is 1. The number of carbonyl (C=O) groups is 1. The van der Waals surface area contributed by atoms with E-state index in [1.807, 2.05) is 35.2 Å². The van der Waals surface area contributed by atoms with E-state index in [1.54, 1.807) is 0 Å². The molecule has 1 aliphatic rings. The number of rotatable bonds is 4. The molecule has 0 aliphatic carbocycles. The summed E-state index contributed by atoms with van der Waals surface area (Å²) in [7, 11) is 0. The molecule has 3 rings (SSSR count). The lowest BCUT2D eigenvalue weighted by atomic mass is 10.1. The van der Waals surface area contributed by atoms with Gasteiger partial charge in [0.1, 0.15) is 0 Å². The molecule has 0 radical (unpaired) electrons. The second-order valence-electron chi connectivity index (χ2n) is 5.87. The number of nitrogens with one attached hydrogen (secondary N) is 1. The zero-order valence-corrected chi connectivity index (χ0v) is 16.0. The van der Waals surface area contributed by atoms with Crippen LogP contribution < -0.4 is 10.2 Å². The third kappa shape index (κ3) is 5.55. The molecule has 1 amide bonds. The molecule has 0 aromatic heterocycles. The molecule has 25 heavy (non-hydrogen) atoms. The molecule has 0 spiro atoms. The van der Waals surface area contributed by atoms with Crippen molar-refractivity contribution in [1.29, 1.82) is 0 Å². The molecule has 136 valence electrons. The van der Waals surface area contributed by atoms with E-state index in [9.17, 15) is 4.79 Å². The number of aryl methyl sites for hydroxylation is 1. The molecule has 2 aromatic carbocycles. The summed E-state index contributed by atoms with van der Waals surface area (Å²) in [5.41, 5.74) is 3.56. The molecule has 0 unspecified atom stereocenters. The normalized spacial score (nSPS) is 13.5. The van der Waals surface area contributed by atoms with E-state index in [4.69, 9.17) is 0 Å². The van der Waals surface area contributed by atoms with E-state index in [0.717, 1.165) is 31.9 Å². The zero-order chi connectivity index (χ0) is 16.1. The fourth-order valence-corrected chi connectivity index (χ4v) is 2.96. The lowest BCUT2D eigenvalue weighted by Gasteiger charge is -2.36. The Morgan fingerprint density at radius 2 is 1.52 bits per heavy atom. The van der Waals surface area contributed by atoms with E-state index >= 15 is 0 Å². The van der Waals surface area contributed by atoms with Crippen molar-refractivity contribution in [2.45, 2.75) is 6.92 Å². The van der Waals surface area contributed by atoms with E-state index in [0.29, 0.717) is 6.54 Å². The maximum atomic E-state index is 12.3. The molecule has 0 bridgehead atoms. The van der Waals surface area contributed by atoms with Crippen LogP contribution in [0.3, 0.4) is 0 Å². The van der Waals surface area contributed by atoms with Crippen molar-refractivity contribution in [1.82, 2.24) is 4.90 Å². The predicted molar refractivity (Wildman–Crippen MR) is 109 cm³/mol. The van der Waals surface area contributed by atoms with Gasteiger partial charge >= 0.3 is 0 Å². The molecule has 0 saturated carbocycles. The van der Waals surface area contributed by atoms with Gasteiger partial charge in [0.05, 0.1) is 6.54 Å². The summed E-state index contributed by atoms with van der Waals surface area (Å²) in [5.74, 6) is 0.165. The van der Waals surface area contributed by atoms with Gasteiger partial charge in [0.2, 0.25) is 5.91 Å². The molecule has 6 heteroatoms. The van der Waals surface area contributed by atoms with Gasteiger partial charge < -0.3 is 15.1 Å². The predicted octanol–water partition coefficient (Wildman–Crippen LogP) is 3.60. The molecule has 0 atom stereocenters. The first-order valence-electron chi connectivity index (χ1n) is 8.11. The van der Waals surface area contributed by atoms with E-state index in [-0.39, 0.29) is 30.7 Å². The Labute approximate surface area is 162 Å². The van der Waals surface area contributed by atoms with Crippen LogP contribution in [0.25, 0.3) is 0 Å². The summed E-state index contributed by atoms with van der Waals surface area (Å²) in [4.78, 5) is 16.6. The summed E-state index contributed by atoms with van der Waals surface area (Å²) < 4.78 is 0. The fraction of sp³-hybridized carbons (Fsp3) is 0.316. The average molecular weight is 382 g/mol. The topological polar surface area (TPSA) is 35.6 Å². The largest absolute Gasteiger partial charge is 0.376 e. The second-order valence-corrected chi connectivity index (χ2v) is 5.87. The number of piperazine rings is 1. The van der Waals surface area contributed by atoms with Crippen molar-refractivity contribution in [2.75, 3.05) is 42.9 Å². The smallest absolute Gasteiger partial charge is 0.241 e. The third-order valence-corrected chi connectivity index (χ3v) is 4.31. The first-order valence-corrected chi connectivity index (χ1v) is 8.11. The number of hydrogen-bond acceptors (Lipinski definition) is 3. The second kappa shape index (κ2) is 10.2. The molecule has 1 saturated heterocycles. The zero-order valence-electron chi connectivity index (χ0n) is 14.4. The Bertz CT molecular complexity index is 659. The van der Waals surface area contributed by atoms with Crippen LogP contribution in [0.1, 0.15) is 5.56 Å². The van der Waals surface area contributed by atoms with Gasteiger partial charge in [0, 0.05) is 37.6 Å². The summed E-state index contributed by atoms with van der Waals surface area (Å²) in [6, 6.07) is 18.3. The van der Waals surface area contributed by atoms with E-state index in [1.165, 1.54) is 11.3 Å². The van der Waals surface area contributed by atoms with Gasteiger partial charge in [-0.15, -0.1) is 24.8 Å². The molecule has 1 heterocycles. The summed E-state index contributed by atoms with van der Waals surface area (Å²) in [6.07, 6.45) is 0. The summed E-state index contributed by atoms with van der Waals surface area (Å²) in [6.45, 7) is 5.84. The summed E-state index contributed by atoms with van der Waals surface area (Å²) >= 11 is 0. The van der Waals surface area contributed by atoms with Crippen molar-refractivity contribution < 1.29 is 4.79 Å². The molecule has 1 fully saturated rings. The molecular weight excluding hydrogens is 357 g/mol. The van der Waals surface area contributed by atoms with Gasteiger partial charge in [0.15, 0.2) is 0 Å². The number of halogens is 2. The van der Waals surface area contributed by atoms with Crippen LogP contribution in [0.4, 0.5) is 11.4 Å². The molecule has 1 N–H and O–H groups in total. The van der Waals surface area contributed by atoms with Gasteiger partial charge in [-0.3, -0.25) is 4.79 Å². The Balaban J connectivity index is 0.00000156. The van der Waals surface area contributed by atoms with Crippen LogP contribution in [0.2, 0.25) is 0 Å². The highest BCUT2D eigenvalue weighted by atomic mass is 35.5. The minimum Gasteiger partial charge on any atom is -0.376 e. The molecule has 4 nitrogen and oxygen atoms in total. The van der Waals surface area contributed by atoms with Crippen LogP contribution in [0.15, 0.2) is 54.6 Å². The Kier molecular flexibility index (Phi) is 8.59. The molecule has 2 aromatic rings. The van der Waals surface area contributed by atoms with Crippen molar-refractivity contribution in [2.24, 2.45) is 0 Å². The van der Waals surface area contributed by atoms with Crippen molar-refractivity contribution in [3.8, 4) is 0 Å². The minimum atomic E-state index is 0. The van der Waals surface area contributed by atoms with Crippen molar-refractivity contribution >= 4 is 42.1 Å². The lowest BCUT2D eigenvalue weighted by Crippen LogP contribution is -2.50. The number of anilines is 2. The third-order valence-electron chi connectivity index (χ3n) is 4.31. The number of benzene rings is 2. The SMILES string of the molecule is Cc1ccccc1N1CCN(C(=O)CNc2ccccc2)CC1.Cl.Cl. The summed E-state index contributed by atoms with van der Waals surface area (Å²) in [5, 5.41) is 3.19. The highest BCUT2D eigenvalue weighted by Gasteiger charge is 2.21. The van der Waals surface area contributed by atoms with Gasteiger partial charge in [-0.25, -0.2) is 0 Å². The lowest BCUT2D eigenvalue weighted by molar-refractivity contribution is -0.129. The van der Waals surface area contributed by atoms with Crippen LogP contribution in [-0.4, -0.2) is 43.5 Å². The van der Waals surface area contributed by atoms with Gasteiger partial charge in [0.25, 0.3) is 0 Å². The molecular formula is C19H25Cl2N3O. The maximum absolute atomic E-state index is 12.3. The Hall–Kier alpha value is -1.91. The maximum Gasteiger partial charge on any atom is 0.241 e. The van der Waals surface area contributed by atoms with Gasteiger partial charge in [-0.1, -0.05) is 36.4 Å². The van der Waals surface area contributed by atoms with Crippen LogP contribution in [-0.2, 0) is 4.79 Å². The monoisotopic (exact) mass is 381 g/mol.